The molecule has 0 aromatic rings. The number of rotatable bonds is 0. The van der Waals surface area contributed by atoms with E-state index >= 15 is 0 Å². The van der Waals surface area contributed by atoms with Crippen LogP contribution in [0, 0.1) is 41.7 Å². The minimum Gasteiger partial charge on any atom is -1.00 e. The zero-order valence-corrected chi connectivity index (χ0v) is 10.0. The molecule has 0 atom stereocenters. The van der Waals surface area contributed by atoms with Gasteiger partial charge in [0, 0.05) is 41.7 Å². The molecule has 16 valence electrons. The van der Waals surface area contributed by atoms with E-state index < -0.39 is 0 Å². The molecule has 0 N–H and O–H groups in total. The summed E-state index contributed by atoms with van der Waals surface area (Å²) in [5, 5.41) is 0. The predicted molar refractivity (Wildman–Crippen MR) is 23.9 cm³/mol. The fourth-order valence-electron chi connectivity index (χ4n) is 0. The quantitative estimate of drug-likeness (QED) is 0.483. The Bertz CT molecular complexity index is 13.0. The Morgan fingerprint density at radius 1 is 0.750 bits per heavy atom. The Labute approximate surface area is 117 Å². The molecular formula is H6CeMg3. The fraction of sp³-hybridized carbons (Fsp3) is 0. The van der Waals surface area contributed by atoms with Crippen molar-refractivity contribution in [2.75, 3.05) is 0 Å². The minimum absolute atomic E-state index is 0. The first-order valence-corrected chi connectivity index (χ1v) is 0. The second-order valence-corrected chi connectivity index (χ2v) is 0. The van der Waals surface area contributed by atoms with Crippen molar-refractivity contribution in [3.05, 3.63) is 0 Å². The van der Waals surface area contributed by atoms with Crippen LogP contribution in [0.25, 0.3) is 0 Å². The zero-order chi connectivity index (χ0) is 0. The normalized spacial score (nSPS) is 0. The molecule has 0 aliphatic rings. The van der Waals surface area contributed by atoms with Crippen LogP contribution >= 0.6 is 0 Å². The van der Waals surface area contributed by atoms with Gasteiger partial charge in [-0.25, -0.2) is 0 Å². The first-order valence-electron chi connectivity index (χ1n) is 0. The van der Waals surface area contributed by atoms with E-state index in [4.69, 9.17) is 0 Å². The third-order valence-electron chi connectivity index (χ3n) is 0. The minimum atomic E-state index is 0. The molecule has 4 heavy (non-hydrogen) atoms. The Hall–Kier alpha value is 3.68. The molecule has 0 fully saturated rings. The molecule has 0 aliphatic heterocycles. The molecule has 0 nitrogen and oxygen atoms in total. The smallest absolute Gasteiger partial charge is 1.00 e. The van der Waals surface area contributed by atoms with Crippen molar-refractivity contribution in [2.24, 2.45) is 0 Å². The molecule has 0 saturated carbocycles. The van der Waals surface area contributed by atoms with E-state index in [1.165, 1.54) is 0 Å². The fourth-order valence-corrected chi connectivity index (χ4v) is 0. The Morgan fingerprint density at radius 3 is 0.750 bits per heavy atom. The van der Waals surface area contributed by atoms with E-state index in [1.807, 2.05) is 0 Å². The molecule has 0 radical (unpaired) electrons. The van der Waals surface area contributed by atoms with Crippen LogP contribution in [-0.4, -0.2) is 69.2 Å². The second-order valence-electron chi connectivity index (χ2n) is 0. The first-order chi connectivity index (χ1) is 0. The van der Waals surface area contributed by atoms with Gasteiger partial charge in [0.15, 0.2) is 0 Å². The van der Waals surface area contributed by atoms with Gasteiger partial charge in [-0.3, -0.25) is 0 Å². The van der Waals surface area contributed by atoms with Crippen molar-refractivity contribution in [1.29, 1.82) is 0 Å². The van der Waals surface area contributed by atoms with Gasteiger partial charge in [0.1, 0.15) is 0 Å². The third kappa shape index (κ3) is 9.18. The monoisotopic (exact) mass is 218 g/mol. The maximum atomic E-state index is 0. The molecule has 4 heteroatoms. The van der Waals surface area contributed by atoms with Crippen LogP contribution in [-0.2, 0) is 0 Å². The molecule has 0 aromatic heterocycles. The first kappa shape index (κ1) is 25.3. The largest absolute Gasteiger partial charge is 2.00 e. The second kappa shape index (κ2) is 15.9. The van der Waals surface area contributed by atoms with Crippen LogP contribution < -0.4 is 0 Å². The molecule has 0 bridgehead atoms. The summed E-state index contributed by atoms with van der Waals surface area (Å²) in [7, 11) is 0. The van der Waals surface area contributed by atoms with Crippen molar-refractivity contribution >= 4 is 69.2 Å². The molecule has 0 aromatic carbocycles. The van der Waals surface area contributed by atoms with E-state index in [0.717, 1.165) is 0 Å². The summed E-state index contributed by atoms with van der Waals surface area (Å²) in [6.07, 6.45) is 0. The number of hydrogen-bond donors (Lipinski definition) is 0. The summed E-state index contributed by atoms with van der Waals surface area (Å²) < 4.78 is 0. The van der Waals surface area contributed by atoms with Gasteiger partial charge in [0.2, 0.25) is 0 Å². The van der Waals surface area contributed by atoms with Crippen LogP contribution in [0.15, 0.2) is 0 Å². The average molecular weight is 219 g/mol. The van der Waals surface area contributed by atoms with Crippen molar-refractivity contribution in [3.8, 4) is 0 Å². The Morgan fingerprint density at radius 2 is 0.750 bits per heavy atom. The van der Waals surface area contributed by atoms with Crippen LogP contribution in [0.2, 0.25) is 0 Å². The molecule has 0 heterocycles. The van der Waals surface area contributed by atoms with Crippen molar-refractivity contribution < 1.29 is 50.3 Å². The summed E-state index contributed by atoms with van der Waals surface area (Å²) in [5.41, 5.74) is 0. The number of hydrogen-bond acceptors (Lipinski definition) is 0. The van der Waals surface area contributed by atoms with Gasteiger partial charge >= 0.3 is 69.2 Å². The van der Waals surface area contributed by atoms with Gasteiger partial charge < -0.3 is 8.56 Å². The summed E-state index contributed by atoms with van der Waals surface area (Å²) in [6, 6.07) is 0. The summed E-state index contributed by atoms with van der Waals surface area (Å²) in [6.45, 7) is 0. The van der Waals surface area contributed by atoms with E-state index in [0.29, 0.717) is 0 Å². The zero-order valence-electron chi connectivity index (χ0n) is 8.62. The van der Waals surface area contributed by atoms with Crippen LogP contribution in [0.5, 0.6) is 0 Å². The van der Waals surface area contributed by atoms with Gasteiger partial charge in [0.25, 0.3) is 0 Å². The van der Waals surface area contributed by atoms with Gasteiger partial charge in [-0.1, -0.05) is 0 Å². The maximum Gasteiger partial charge on any atom is 2.00 e. The standard InChI is InChI=1S/Ce.3Mg.6H/q;3*+2;6*-1. The average Bonchev–Trinajstić information content (AvgIpc) is 0. The Kier molecular flexibility index (Phi) is 101. The summed E-state index contributed by atoms with van der Waals surface area (Å²) in [5.74, 6) is 0. The van der Waals surface area contributed by atoms with Crippen LogP contribution in [0.1, 0.15) is 8.56 Å². The molecule has 0 saturated heterocycles. The topological polar surface area (TPSA) is 0 Å². The maximum absolute atomic E-state index is 0. The van der Waals surface area contributed by atoms with E-state index in [9.17, 15) is 0 Å². The van der Waals surface area contributed by atoms with E-state index in [1.54, 1.807) is 0 Å². The van der Waals surface area contributed by atoms with Crippen molar-refractivity contribution in [1.82, 2.24) is 0 Å². The van der Waals surface area contributed by atoms with E-state index in [-0.39, 0.29) is 119 Å². The molecule has 0 unspecified atom stereocenters. The summed E-state index contributed by atoms with van der Waals surface area (Å²) >= 11 is 0. The summed E-state index contributed by atoms with van der Waals surface area (Å²) in [4.78, 5) is 0. The third-order valence-corrected chi connectivity index (χ3v) is 0. The molecule has 0 spiro atoms. The Balaban J connectivity index is 0. The van der Waals surface area contributed by atoms with Gasteiger partial charge in [-0.2, -0.15) is 0 Å². The van der Waals surface area contributed by atoms with Crippen molar-refractivity contribution in [2.45, 2.75) is 0 Å². The molecular weight excluding hydrogens is 213 g/mol. The molecule has 0 aliphatic carbocycles. The predicted octanol–water partition coefficient (Wildman–Crippen LogP) is -0.467. The molecule has 0 rings (SSSR count). The van der Waals surface area contributed by atoms with Crippen LogP contribution in [0.4, 0.5) is 0 Å². The van der Waals surface area contributed by atoms with Gasteiger partial charge in [-0.15, -0.1) is 0 Å². The van der Waals surface area contributed by atoms with Gasteiger partial charge in [-0.05, 0) is 0 Å². The van der Waals surface area contributed by atoms with E-state index in [2.05, 4.69) is 0 Å². The van der Waals surface area contributed by atoms with Crippen LogP contribution in [0.3, 0.4) is 0 Å². The van der Waals surface area contributed by atoms with Crippen molar-refractivity contribution in [3.63, 3.8) is 0 Å². The SMILES string of the molecule is [Ce].[H-].[H-].[H-].[H-].[H-].[H-].[Mg+2].[Mg+2].[Mg+2]. The van der Waals surface area contributed by atoms with Gasteiger partial charge in [0.05, 0.1) is 0 Å². The molecule has 0 amide bonds.